The number of amides is 2. The third-order valence-corrected chi connectivity index (χ3v) is 5.07. The summed E-state index contributed by atoms with van der Waals surface area (Å²) < 4.78 is 24.4. The van der Waals surface area contributed by atoms with Crippen molar-refractivity contribution in [2.75, 3.05) is 19.8 Å². The summed E-state index contributed by atoms with van der Waals surface area (Å²) in [5.74, 6) is -0.377. The molecule has 0 bridgehead atoms. The second kappa shape index (κ2) is 10.7. The molecule has 0 aromatic heterocycles. The van der Waals surface area contributed by atoms with Gasteiger partial charge in [-0.1, -0.05) is 30.3 Å². The van der Waals surface area contributed by atoms with Gasteiger partial charge in [0.1, 0.15) is 17.6 Å². The molecule has 6 nitrogen and oxygen atoms in total. The lowest BCUT2D eigenvalue weighted by Gasteiger charge is -2.29. The minimum atomic E-state index is -0.719. The highest BCUT2D eigenvalue weighted by Crippen LogP contribution is 2.14. The molecule has 160 valence electrons. The molecule has 2 amide bonds. The lowest BCUT2D eigenvalue weighted by atomic mass is 10.1. The zero-order chi connectivity index (χ0) is 21.3. The number of hydrogen-bond donors (Lipinski definition) is 1. The first-order valence-corrected chi connectivity index (χ1v) is 10.1. The van der Waals surface area contributed by atoms with E-state index in [1.807, 2.05) is 18.2 Å². The second-order valence-electron chi connectivity index (χ2n) is 7.31. The maximum absolute atomic E-state index is 13.2. The van der Waals surface area contributed by atoms with Gasteiger partial charge in [0.05, 0.1) is 6.10 Å². The molecule has 1 aliphatic rings. The Balaban J connectivity index is 1.65. The number of para-hydroxylation sites is 1. The predicted molar refractivity (Wildman–Crippen MR) is 110 cm³/mol. The fraction of sp³-hybridized carbons (Fsp3) is 0.391. The van der Waals surface area contributed by atoms with Crippen molar-refractivity contribution in [1.82, 2.24) is 10.2 Å². The number of hydrogen-bond acceptors (Lipinski definition) is 4. The Labute approximate surface area is 176 Å². The van der Waals surface area contributed by atoms with Gasteiger partial charge in [0.25, 0.3) is 5.91 Å². The van der Waals surface area contributed by atoms with Gasteiger partial charge in [-0.05, 0) is 49.6 Å². The van der Waals surface area contributed by atoms with E-state index in [4.69, 9.17) is 9.47 Å². The Hall–Kier alpha value is -2.93. The summed E-state index contributed by atoms with van der Waals surface area (Å²) in [4.78, 5) is 27.1. The first-order valence-electron chi connectivity index (χ1n) is 10.1. The lowest BCUT2D eigenvalue weighted by Crippen LogP contribution is -2.50. The van der Waals surface area contributed by atoms with Crippen LogP contribution < -0.4 is 10.1 Å². The maximum Gasteiger partial charge on any atom is 0.261 e. The van der Waals surface area contributed by atoms with Gasteiger partial charge in [-0.3, -0.25) is 9.59 Å². The fourth-order valence-electron chi connectivity index (χ4n) is 3.28. The van der Waals surface area contributed by atoms with E-state index >= 15 is 0 Å². The summed E-state index contributed by atoms with van der Waals surface area (Å²) in [6.45, 7) is 2.78. The quantitative estimate of drug-likeness (QED) is 0.685. The van der Waals surface area contributed by atoms with Crippen LogP contribution in [0, 0.1) is 5.82 Å². The number of carbonyl (C=O) groups excluding carboxylic acids is 2. The van der Waals surface area contributed by atoms with E-state index in [1.165, 1.54) is 17.0 Å². The van der Waals surface area contributed by atoms with Crippen LogP contribution >= 0.6 is 0 Å². The van der Waals surface area contributed by atoms with Crippen LogP contribution in [0.1, 0.15) is 25.3 Å². The Morgan fingerprint density at radius 2 is 1.93 bits per heavy atom. The van der Waals surface area contributed by atoms with Gasteiger partial charge in [-0.2, -0.15) is 0 Å². The zero-order valence-corrected chi connectivity index (χ0v) is 17.1. The summed E-state index contributed by atoms with van der Waals surface area (Å²) in [5, 5.41) is 2.87. The number of nitrogens with zero attached hydrogens (tertiary/aromatic N) is 1. The third-order valence-electron chi connectivity index (χ3n) is 5.07. The number of benzene rings is 2. The van der Waals surface area contributed by atoms with Crippen LogP contribution in [0.2, 0.25) is 0 Å². The van der Waals surface area contributed by atoms with Crippen molar-refractivity contribution in [3.63, 3.8) is 0 Å². The Morgan fingerprint density at radius 1 is 1.20 bits per heavy atom. The van der Waals surface area contributed by atoms with E-state index in [0.29, 0.717) is 18.9 Å². The first kappa shape index (κ1) is 21.8. The van der Waals surface area contributed by atoms with Crippen molar-refractivity contribution < 1.29 is 23.5 Å². The molecule has 7 heteroatoms. The molecule has 0 saturated carbocycles. The number of rotatable bonds is 9. The molecule has 2 aromatic carbocycles. The molecule has 2 atom stereocenters. The summed E-state index contributed by atoms with van der Waals surface area (Å²) in [6.07, 6.45) is 1.92. The van der Waals surface area contributed by atoms with Crippen LogP contribution in [0.15, 0.2) is 54.6 Å². The average molecular weight is 414 g/mol. The minimum Gasteiger partial charge on any atom is -0.484 e. The number of halogens is 1. The summed E-state index contributed by atoms with van der Waals surface area (Å²) in [5.41, 5.74) is 0.725. The van der Waals surface area contributed by atoms with E-state index in [-0.39, 0.29) is 36.9 Å². The van der Waals surface area contributed by atoms with E-state index < -0.39 is 6.04 Å². The van der Waals surface area contributed by atoms with Crippen LogP contribution in [0.25, 0.3) is 0 Å². The highest BCUT2D eigenvalue weighted by Gasteiger charge is 2.27. The molecule has 0 aliphatic carbocycles. The molecule has 1 aliphatic heterocycles. The molecule has 2 aromatic rings. The Kier molecular flexibility index (Phi) is 7.79. The Morgan fingerprint density at radius 3 is 2.60 bits per heavy atom. The molecule has 0 spiro atoms. The van der Waals surface area contributed by atoms with Crippen LogP contribution in [0.3, 0.4) is 0 Å². The van der Waals surface area contributed by atoms with E-state index in [0.717, 1.165) is 18.4 Å². The first-order chi connectivity index (χ1) is 14.5. The molecular weight excluding hydrogens is 387 g/mol. The van der Waals surface area contributed by atoms with Crippen LogP contribution in [0.5, 0.6) is 5.75 Å². The smallest absolute Gasteiger partial charge is 0.261 e. The molecular formula is C23H27FN2O4. The molecule has 1 heterocycles. The summed E-state index contributed by atoms with van der Waals surface area (Å²) in [6, 6.07) is 14.2. The standard InChI is InChI=1S/C23H27FN2O4/c1-17(23(28)25-14-21-8-5-13-29-21)26(15-18-9-11-19(24)12-10-18)22(27)16-30-20-6-3-2-4-7-20/h2-4,6-7,9-12,17,21H,5,8,13-16H2,1H3,(H,25,28). The van der Waals surface area contributed by atoms with Crippen molar-refractivity contribution in [1.29, 1.82) is 0 Å². The van der Waals surface area contributed by atoms with Crippen LogP contribution in [-0.4, -0.2) is 48.6 Å². The van der Waals surface area contributed by atoms with E-state index in [1.54, 1.807) is 31.2 Å². The topological polar surface area (TPSA) is 67.9 Å². The van der Waals surface area contributed by atoms with Gasteiger partial charge < -0.3 is 19.7 Å². The maximum atomic E-state index is 13.2. The molecule has 3 rings (SSSR count). The lowest BCUT2D eigenvalue weighted by molar-refractivity contribution is -0.142. The van der Waals surface area contributed by atoms with Crippen molar-refractivity contribution >= 4 is 11.8 Å². The molecule has 0 radical (unpaired) electrons. The second-order valence-corrected chi connectivity index (χ2v) is 7.31. The molecule has 2 unspecified atom stereocenters. The van der Waals surface area contributed by atoms with Gasteiger partial charge >= 0.3 is 0 Å². The average Bonchev–Trinajstić information content (AvgIpc) is 3.29. The molecule has 1 fully saturated rings. The normalized spacial score (nSPS) is 16.7. The number of nitrogens with one attached hydrogen (secondary N) is 1. The monoisotopic (exact) mass is 414 g/mol. The number of ether oxygens (including phenoxy) is 2. The molecule has 30 heavy (non-hydrogen) atoms. The zero-order valence-electron chi connectivity index (χ0n) is 17.1. The SMILES string of the molecule is CC(C(=O)NCC1CCCO1)N(Cc1ccc(F)cc1)C(=O)COc1ccccc1. The Bertz CT molecular complexity index is 823. The van der Waals surface area contributed by atoms with Crippen LogP contribution in [0.4, 0.5) is 4.39 Å². The van der Waals surface area contributed by atoms with E-state index in [2.05, 4.69) is 5.32 Å². The predicted octanol–water partition coefficient (Wildman–Crippen LogP) is 2.92. The summed E-state index contributed by atoms with van der Waals surface area (Å²) in [7, 11) is 0. The third kappa shape index (κ3) is 6.29. The summed E-state index contributed by atoms with van der Waals surface area (Å²) >= 11 is 0. The van der Waals surface area contributed by atoms with Gasteiger partial charge in [0, 0.05) is 19.7 Å². The largest absolute Gasteiger partial charge is 0.484 e. The van der Waals surface area contributed by atoms with E-state index in [9.17, 15) is 14.0 Å². The van der Waals surface area contributed by atoms with Gasteiger partial charge in [0.15, 0.2) is 6.61 Å². The van der Waals surface area contributed by atoms with Gasteiger partial charge in [0.2, 0.25) is 5.91 Å². The van der Waals surface area contributed by atoms with Gasteiger partial charge in [-0.25, -0.2) is 4.39 Å². The highest BCUT2D eigenvalue weighted by molar-refractivity contribution is 5.88. The number of carbonyl (C=O) groups is 2. The fourth-order valence-corrected chi connectivity index (χ4v) is 3.28. The van der Waals surface area contributed by atoms with Crippen molar-refractivity contribution in [2.24, 2.45) is 0 Å². The molecule has 1 N–H and O–H groups in total. The van der Waals surface area contributed by atoms with Crippen LogP contribution in [-0.2, 0) is 20.9 Å². The van der Waals surface area contributed by atoms with Crippen molar-refractivity contribution in [2.45, 2.75) is 38.5 Å². The minimum absolute atomic E-state index is 0.0174. The molecule has 1 saturated heterocycles. The van der Waals surface area contributed by atoms with Crippen molar-refractivity contribution in [3.05, 3.63) is 66.0 Å². The van der Waals surface area contributed by atoms with Gasteiger partial charge in [-0.15, -0.1) is 0 Å². The highest BCUT2D eigenvalue weighted by atomic mass is 19.1. The van der Waals surface area contributed by atoms with Crippen molar-refractivity contribution in [3.8, 4) is 5.75 Å².